The van der Waals surface area contributed by atoms with Gasteiger partial charge in [-0.1, -0.05) is 49.6 Å². The van der Waals surface area contributed by atoms with E-state index in [0.717, 1.165) is 5.82 Å². The smallest absolute Gasteiger partial charge is 0.214 e. The first kappa shape index (κ1) is 16.7. The molecule has 2 fully saturated rings. The van der Waals surface area contributed by atoms with Gasteiger partial charge in [-0.05, 0) is 23.3 Å². The minimum atomic E-state index is 0.242. The number of hydrogen-bond acceptors (Lipinski definition) is 3. The van der Waals surface area contributed by atoms with Gasteiger partial charge in [0.05, 0.1) is 13.1 Å². The van der Waals surface area contributed by atoms with E-state index in [4.69, 9.17) is 0 Å². The van der Waals surface area contributed by atoms with E-state index in [-0.39, 0.29) is 6.04 Å². The largest absolute Gasteiger partial charge is 0.328 e. The monoisotopic (exact) mass is 342 g/mol. The summed E-state index contributed by atoms with van der Waals surface area (Å²) < 4.78 is 2.16. The van der Waals surface area contributed by atoms with Crippen LogP contribution < -0.4 is 9.80 Å². The summed E-state index contributed by atoms with van der Waals surface area (Å²) in [5.74, 6) is 1.06. The van der Waals surface area contributed by atoms with Crippen LogP contribution in [0.15, 0.2) is 30.3 Å². The second-order valence-corrected chi connectivity index (χ2v) is 7.73. The van der Waals surface area contributed by atoms with Crippen LogP contribution in [0.2, 0.25) is 0 Å². The Kier molecular flexibility index (Phi) is 5.08. The van der Waals surface area contributed by atoms with Crippen LogP contribution in [-0.2, 0) is 0 Å². The minimum absolute atomic E-state index is 0.242. The Morgan fingerprint density at radius 2 is 1.72 bits per heavy atom. The van der Waals surface area contributed by atoms with Crippen LogP contribution in [0.1, 0.15) is 55.6 Å². The van der Waals surface area contributed by atoms with Crippen LogP contribution in [-0.4, -0.2) is 53.4 Å². The summed E-state index contributed by atoms with van der Waals surface area (Å²) in [5.41, 5.74) is 1.34. The summed E-state index contributed by atoms with van der Waals surface area (Å²) in [6.45, 7) is 4.76. The van der Waals surface area contributed by atoms with Gasteiger partial charge in [0.2, 0.25) is 5.82 Å². The molecule has 0 radical (unpaired) electrons. The molecule has 1 aromatic heterocycles. The fraction of sp³-hybridized carbons (Fsp3) is 0.632. The lowest BCUT2D eigenvalue weighted by Crippen LogP contribution is -3.27. The number of aromatic nitrogens is 4. The predicted molar refractivity (Wildman–Crippen MR) is 95.5 cm³/mol. The van der Waals surface area contributed by atoms with Crippen molar-refractivity contribution in [1.29, 1.82) is 0 Å². The zero-order valence-electron chi connectivity index (χ0n) is 15.2. The highest BCUT2D eigenvalue weighted by molar-refractivity contribution is 5.22. The van der Waals surface area contributed by atoms with E-state index in [9.17, 15) is 0 Å². The van der Waals surface area contributed by atoms with Crippen molar-refractivity contribution in [2.24, 2.45) is 0 Å². The molecule has 25 heavy (non-hydrogen) atoms. The molecule has 2 aromatic rings. The van der Waals surface area contributed by atoms with Gasteiger partial charge < -0.3 is 9.80 Å². The van der Waals surface area contributed by atoms with Gasteiger partial charge in [0, 0.05) is 5.56 Å². The average molecular weight is 342 g/mol. The van der Waals surface area contributed by atoms with Crippen LogP contribution in [0.5, 0.6) is 0 Å². The average Bonchev–Trinajstić information content (AvgIpc) is 3.14. The molecule has 6 nitrogen and oxygen atoms in total. The van der Waals surface area contributed by atoms with E-state index in [1.807, 2.05) is 0 Å². The lowest BCUT2D eigenvalue weighted by Gasteiger charge is -2.33. The van der Waals surface area contributed by atoms with Crippen LogP contribution in [0.4, 0.5) is 0 Å². The molecular formula is C19H30N6+2. The SMILES string of the molecule is C[NH+]1CC[NH+]([C@H](c2ccccc2)c2nnnn2C2CCCCC2)CC1. The molecule has 6 heteroatoms. The van der Waals surface area contributed by atoms with E-state index in [2.05, 4.69) is 57.6 Å². The summed E-state index contributed by atoms with van der Waals surface area (Å²) in [4.78, 5) is 3.23. The van der Waals surface area contributed by atoms with Gasteiger partial charge >= 0.3 is 0 Å². The van der Waals surface area contributed by atoms with Crippen molar-refractivity contribution in [2.75, 3.05) is 33.2 Å². The van der Waals surface area contributed by atoms with Crippen molar-refractivity contribution in [3.05, 3.63) is 41.7 Å². The Balaban J connectivity index is 1.68. The van der Waals surface area contributed by atoms with Crippen molar-refractivity contribution < 1.29 is 9.80 Å². The number of tetrazole rings is 1. The molecule has 2 N–H and O–H groups in total. The van der Waals surface area contributed by atoms with Gasteiger partial charge in [0.25, 0.3) is 0 Å². The number of quaternary nitrogens is 2. The first-order valence-corrected chi connectivity index (χ1v) is 9.81. The number of nitrogens with zero attached hydrogens (tertiary/aromatic N) is 4. The maximum absolute atomic E-state index is 4.54. The second-order valence-electron chi connectivity index (χ2n) is 7.73. The van der Waals surface area contributed by atoms with E-state index in [1.165, 1.54) is 63.8 Å². The molecular weight excluding hydrogens is 312 g/mol. The van der Waals surface area contributed by atoms with Crippen molar-refractivity contribution in [3.8, 4) is 0 Å². The highest BCUT2D eigenvalue weighted by Gasteiger charge is 2.36. The molecule has 2 heterocycles. The zero-order valence-corrected chi connectivity index (χ0v) is 15.2. The highest BCUT2D eigenvalue weighted by Crippen LogP contribution is 2.29. The third-order valence-corrected chi connectivity index (χ3v) is 5.98. The third kappa shape index (κ3) is 3.60. The van der Waals surface area contributed by atoms with Gasteiger partial charge in [-0.15, -0.1) is 5.10 Å². The molecule has 0 bridgehead atoms. The topological polar surface area (TPSA) is 52.5 Å². The normalized spacial score (nSPS) is 26.4. The summed E-state index contributed by atoms with van der Waals surface area (Å²) in [6.07, 6.45) is 6.36. The third-order valence-electron chi connectivity index (χ3n) is 5.98. The number of piperazine rings is 1. The molecule has 1 saturated carbocycles. The Bertz CT molecular complexity index is 656. The first-order chi connectivity index (χ1) is 12.3. The van der Waals surface area contributed by atoms with Crippen molar-refractivity contribution in [3.63, 3.8) is 0 Å². The number of nitrogens with one attached hydrogen (secondary N) is 2. The minimum Gasteiger partial charge on any atom is -0.328 e. The van der Waals surface area contributed by atoms with Crippen molar-refractivity contribution in [1.82, 2.24) is 20.2 Å². The zero-order chi connectivity index (χ0) is 17.1. The van der Waals surface area contributed by atoms with Gasteiger partial charge in [-0.3, -0.25) is 0 Å². The molecule has 2 aliphatic rings. The summed E-state index contributed by atoms with van der Waals surface area (Å²) in [5, 5.41) is 13.1. The molecule has 1 atom stereocenters. The van der Waals surface area contributed by atoms with Gasteiger partial charge in [0.1, 0.15) is 26.2 Å². The standard InChI is InChI=1S/C19H28N6/c1-23-12-14-24(15-13-23)18(16-8-4-2-5-9-16)19-20-21-22-25(19)17-10-6-3-7-11-17/h2,4-5,8-9,17-18H,3,6-7,10-15H2,1H3/p+2/t18-/m1/s1. The van der Waals surface area contributed by atoms with E-state index >= 15 is 0 Å². The van der Waals surface area contributed by atoms with Gasteiger partial charge in [0.15, 0.2) is 6.04 Å². The van der Waals surface area contributed by atoms with E-state index in [1.54, 1.807) is 9.80 Å². The molecule has 1 aromatic carbocycles. The van der Waals surface area contributed by atoms with Crippen molar-refractivity contribution in [2.45, 2.75) is 44.2 Å². The first-order valence-electron chi connectivity index (χ1n) is 9.81. The molecule has 1 saturated heterocycles. The van der Waals surface area contributed by atoms with Gasteiger partial charge in [-0.25, -0.2) is 4.68 Å². The molecule has 4 rings (SSSR count). The highest BCUT2D eigenvalue weighted by atomic mass is 15.6. The van der Waals surface area contributed by atoms with E-state index in [0.29, 0.717) is 6.04 Å². The number of rotatable bonds is 4. The summed E-state index contributed by atoms with van der Waals surface area (Å²) in [7, 11) is 2.29. The molecule has 1 aliphatic carbocycles. The number of likely N-dealkylation sites (N-methyl/N-ethyl adjacent to an activating group) is 1. The maximum atomic E-state index is 4.54. The fourth-order valence-electron chi connectivity index (χ4n) is 4.48. The quantitative estimate of drug-likeness (QED) is 0.801. The van der Waals surface area contributed by atoms with Crippen LogP contribution in [0, 0.1) is 0 Å². The predicted octanol–water partition coefficient (Wildman–Crippen LogP) is -0.319. The van der Waals surface area contributed by atoms with Crippen LogP contribution in [0.3, 0.4) is 0 Å². The molecule has 1 aliphatic heterocycles. The fourth-order valence-corrected chi connectivity index (χ4v) is 4.48. The molecule has 0 amide bonds. The molecule has 0 spiro atoms. The summed E-state index contributed by atoms with van der Waals surface area (Å²) in [6, 6.07) is 11.6. The Hall–Kier alpha value is -1.79. The Morgan fingerprint density at radius 3 is 2.44 bits per heavy atom. The molecule has 134 valence electrons. The summed E-state index contributed by atoms with van der Waals surface area (Å²) >= 11 is 0. The van der Waals surface area contributed by atoms with Crippen LogP contribution >= 0.6 is 0 Å². The Morgan fingerprint density at radius 1 is 1.00 bits per heavy atom. The molecule has 0 unspecified atom stereocenters. The van der Waals surface area contributed by atoms with Crippen molar-refractivity contribution >= 4 is 0 Å². The van der Waals surface area contributed by atoms with E-state index < -0.39 is 0 Å². The number of benzene rings is 1. The second kappa shape index (κ2) is 7.62. The maximum Gasteiger partial charge on any atom is 0.214 e. The van der Waals surface area contributed by atoms with Crippen LogP contribution in [0.25, 0.3) is 0 Å². The van der Waals surface area contributed by atoms with Gasteiger partial charge in [-0.2, -0.15) is 0 Å². The Labute approximate surface area is 149 Å². The lowest BCUT2D eigenvalue weighted by atomic mass is 9.95. The lowest BCUT2D eigenvalue weighted by molar-refractivity contribution is -1.02. The number of hydrogen-bond donors (Lipinski definition) is 2.